The van der Waals surface area contributed by atoms with E-state index in [2.05, 4.69) is 32.1 Å². The van der Waals surface area contributed by atoms with Gasteiger partial charge in [-0.3, -0.25) is 0 Å². The molecule has 86 valence electrons. The van der Waals surface area contributed by atoms with E-state index >= 15 is 0 Å². The smallest absolute Gasteiger partial charge is 0.119 e. The van der Waals surface area contributed by atoms with Crippen molar-refractivity contribution in [2.24, 2.45) is 0 Å². The molecule has 2 unspecified atom stereocenters. The fraction of sp³-hybridized carbons (Fsp3) is 0.429. The zero-order chi connectivity index (χ0) is 11.8. The summed E-state index contributed by atoms with van der Waals surface area (Å²) in [6, 6.07) is 6.22. The molecule has 0 heterocycles. The van der Waals surface area contributed by atoms with Crippen molar-refractivity contribution >= 4 is 0 Å². The first kappa shape index (κ1) is 11.2. The average molecular weight is 218 g/mol. The predicted octanol–water partition coefficient (Wildman–Crippen LogP) is 2.58. The molecule has 0 radical (unpaired) electrons. The number of aryl methyl sites for hydroxylation is 1. The Hall–Kier alpha value is -1.28. The first-order valence-electron chi connectivity index (χ1n) is 5.57. The molecule has 1 aliphatic carbocycles. The Bertz CT molecular complexity index is 423. The molecule has 1 aromatic carbocycles. The largest absolute Gasteiger partial charge is 0.497 e. The lowest BCUT2D eigenvalue weighted by atomic mass is 9.81. The summed E-state index contributed by atoms with van der Waals surface area (Å²) in [4.78, 5) is 0. The highest BCUT2D eigenvalue weighted by molar-refractivity contribution is 5.41. The normalized spacial score (nSPS) is 28.4. The highest BCUT2D eigenvalue weighted by Gasteiger charge is 2.31. The lowest BCUT2D eigenvalue weighted by Crippen LogP contribution is -2.19. The van der Waals surface area contributed by atoms with Crippen molar-refractivity contribution in [3.8, 4) is 5.75 Å². The summed E-state index contributed by atoms with van der Waals surface area (Å²) in [6.07, 6.45) is 4.39. The van der Waals surface area contributed by atoms with Gasteiger partial charge >= 0.3 is 0 Å². The molecule has 2 atom stereocenters. The molecule has 2 heteroatoms. The molecule has 0 fully saturated rings. The first-order chi connectivity index (χ1) is 7.53. The molecule has 0 spiro atoms. The Morgan fingerprint density at radius 1 is 1.38 bits per heavy atom. The van der Waals surface area contributed by atoms with E-state index in [1.807, 2.05) is 12.1 Å². The zero-order valence-electron chi connectivity index (χ0n) is 10.0. The Morgan fingerprint density at radius 2 is 2.12 bits per heavy atom. The first-order valence-corrected chi connectivity index (χ1v) is 5.57. The highest BCUT2D eigenvalue weighted by Crippen LogP contribution is 2.37. The number of aliphatic hydroxyl groups is 1. The van der Waals surface area contributed by atoms with Gasteiger partial charge in [-0.25, -0.2) is 0 Å². The maximum Gasteiger partial charge on any atom is 0.119 e. The van der Waals surface area contributed by atoms with Crippen LogP contribution in [-0.2, 0) is 5.41 Å². The SMILES string of the molecule is COc1cc(C)cc(C2(C)C=CC(O)C2)c1. The van der Waals surface area contributed by atoms with Crippen molar-refractivity contribution in [2.45, 2.75) is 31.8 Å². The van der Waals surface area contributed by atoms with Crippen LogP contribution in [0.15, 0.2) is 30.4 Å². The van der Waals surface area contributed by atoms with Crippen LogP contribution in [0.2, 0.25) is 0 Å². The molecule has 1 N–H and O–H groups in total. The number of benzene rings is 1. The topological polar surface area (TPSA) is 29.5 Å². The van der Waals surface area contributed by atoms with Crippen LogP contribution in [0.25, 0.3) is 0 Å². The van der Waals surface area contributed by atoms with E-state index in [1.165, 1.54) is 11.1 Å². The van der Waals surface area contributed by atoms with Gasteiger partial charge in [0.1, 0.15) is 5.75 Å². The number of hydrogen-bond acceptors (Lipinski definition) is 2. The van der Waals surface area contributed by atoms with Gasteiger partial charge in [0, 0.05) is 5.41 Å². The van der Waals surface area contributed by atoms with E-state index in [0.29, 0.717) is 0 Å². The Kier molecular flexibility index (Phi) is 2.76. The molecular weight excluding hydrogens is 200 g/mol. The fourth-order valence-electron chi connectivity index (χ4n) is 2.30. The molecular formula is C14H18O2. The van der Waals surface area contributed by atoms with E-state index in [0.717, 1.165) is 12.2 Å². The van der Waals surface area contributed by atoms with E-state index in [4.69, 9.17) is 4.74 Å². The van der Waals surface area contributed by atoms with Gasteiger partial charge in [0.15, 0.2) is 0 Å². The number of rotatable bonds is 2. The van der Waals surface area contributed by atoms with Crippen LogP contribution < -0.4 is 4.74 Å². The van der Waals surface area contributed by atoms with E-state index < -0.39 is 0 Å². The summed E-state index contributed by atoms with van der Waals surface area (Å²) in [6.45, 7) is 4.21. The molecule has 0 amide bonds. The summed E-state index contributed by atoms with van der Waals surface area (Å²) in [5.41, 5.74) is 2.32. The van der Waals surface area contributed by atoms with Crippen LogP contribution in [0.5, 0.6) is 5.75 Å². The van der Waals surface area contributed by atoms with Crippen LogP contribution >= 0.6 is 0 Å². The van der Waals surface area contributed by atoms with Gasteiger partial charge in [-0.1, -0.05) is 25.1 Å². The highest BCUT2D eigenvalue weighted by atomic mass is 16.5. The van der Waals surface area contributed by atoms with Gasteiger partial charge in [-0.15, -0.1) is 0 Å². The minimum atomic E-state index is -0.323. The minimum Gasteiger partial charge on any atom is -0.497 e. The Morgan fingerprint density at radius 3 is 2.69 bits per heavy atom. The number of aliphatic hydroxyl groups excluding tert-OH is 1. The second-order valence-corrected chi connectivity index (χ2v) is 4.79. The summed E-state index contributed by atoms with van der Waals surface area (Å²) in [5, 5.41) is 9.60. The third-order valence-corrected chi connectivity index (χ3v) is 3.27. The van der Waals surface area contributed by atoms with Crippen molar-refractivity contribution in [2.75, 3.05) is 7.11 Å². The molecule has 0 saturated carbocycles. The van der Waals surface area contributed by atoms with Crippen molar-refractivity contribution < 1.29 is 9.84 Å². The quantitative estimate of drug-likeness (QED) is 0.773. The fourth-order valence-corrected chi connectivity index (χ4v) is 2.30. The maximum absolute atomic E-state index is 9.60. The lowest BCUT2D eigenvalue weighted by molar-refractivity contribution is 0.205. The van der Waals surface area contributed by atoms with E-state index in [1.54, 1.807) is 7.11 Å². The number of ether oxygens (including phenoxy) is 1. The van der Waals surface area contributed by atoms with Gasteiger partial charge in [0.2, 0.25) is 0 Å². The van der Waals surface area contributed by atoms with Crippen LogP contribution in [0.4, 0.5) is 0 Å². The van der Waals surface area contributed by atoms with Crippen LogP contribution in [0.3, 0.4) is 0 Å². The summed E-state index contributed by atoms with van der Waals surface area (Å²) < 4.78 is 5.28. The Balaban J connectivity index is 2.40. The predicted molar refractivity (Wildman–Crippen MR) is 64.8 cm³/mol. The lowest BCUT2D eigenvalue weighted by Gasteiger charge is -2.24. The zero-order valence-corrected chi connectivity index (χ0v) is 10.0. The minimum absolute atomic E-state index is 0.0707. The molecule has 0 saturated heterocycles. The molecule has 0 aliphatic heterocycles. The third-order valence-electron chi connectivity index (χ3n) is 3.27. The number of allylic oxidation sites excluding steroid dienone is 1. The molecule has 1 aliphatic rings. The van der Waals surface area contributed by atoms with Crippen molar-refractivity contribution in [3.63, 3.8) is 0 Å². The standard InChI is InChI=1S/C14H18O2/c1-10-6-11(8-13(7-10)16-3)14(2)5-4-12(15)9-14/h4-8,12,15H,9H2,1-3H3. The average Bonchev–Trinajstić information content (AvgIpc) is 2.59. The van der Waals surface area contributed by atoms with Crippen LogP contribution in [0, 0.1) is 6.92 Å². The molecule has 0 aromatic heterocycles. The van der Waals surface area contributed by atoms with Crippen molar-refractivity contribution in [1.82, 2.24) is 0 Å². The second kappa shape index (κ2) is 3.95. The summed E-state index contributed by atoms with van der Waals surface area (Å²) in [5.74, 6) is 0.881. The monoisotopic (exact) mass is 218 g/mol. The van der Waals surface area contributed by atoms with Crippen LogP contribution in [-0.4, -0.2) is 18.3 Å². The van der Waals surface area contributed by atoms with E-state index in [9.17, 15) is 5.11 Å². The van der Waals surface area contributed by atoms with Gasteiger partial charge in [-0.05, 0) is 36.6 Å². The van der Waals surface area contributed by atoms with Gasteiger partial charge in [0.25, 0.3) is 0 Å². The van der Waals surface area contributed by atoms with Gasteiger partial charge in [-0.2, -0.15) is 0 Å². The summed E-state index contributed by atoms with van der Waals surface area (Å²) >= 11 is 0. The van der Waals surface area contributed by atoms with E-state index in [-0.39, 0.29) is 11.5 Å². The number of hydrogen-bond donors (Lipinski definition) is 1. The molecule has 0 bridgehead atoms. The van der Waals surface area contributed by atoms with Gasteiger partial charge < -0.3 is 9.84 Å². The van der Waals surface area contributed by atoms with Crippen LogP contribution in [0.1, 0.15) is 24.5 Å². The summed E-state index contributed by atoms with van der Waals surface area (Å²) in [7, 11) is 1.68. The van der Waals surface area contributed by atoms with Crippen molar-refractivity contribution in [1.29, 1.82) is 0 Å². The maximum atomic E-state index is 9.60. The number of methoxy groups -OCH3 is 1. The molecule has 2 rings (SSSR count). The second-order valence-electron chi connectivity index (χ2n) is 4.79. The molecule has 16 heavy (non-hydrogen) atoms. The Labute approximate surface area is 96.6 Å². The molecule has 2 nitrogen and oxygen atoms in total. The molecule has 1 aromatic rings. The van der Waals surface area contributed by atoms with Crippen molar-refractivity contribution in [3.05, 3.63) is 41.5 Å². The van der Waals surface area contributed by atoms with Gasteiger partial charge in [0.05, 0.1) is 13.2 Å². The third kappa shape index (κ3) is 1.98.